The molecule has 3 N–H and O–H groups in total. The lowest BCUT2D eigenvalue weighted by molar-refractivity contribution is -0.139. The number of methoxy groups -OCH3 is 1. The lowest BCUT2D eigenvalue weighted by Crippen LogP contribution is -2.44. The van der Waals surface area contributed by atoms with Crippen molar-refractivity contribution in [2.45, 2.75) is 56.9 Å². The largest absolute Gasteiger partial charge is 0.495 e. The van der Waals surface area contributed by atoms with E-state index in [1.165, 1.54) is 24.1 Å². The van der Waals surface area contributed by atoms with Gasteiger partial charge in [-0.1, -0.05) is 24.3 Å². The van der Waals surface area contributed by atoms with Gasteiger partial charge in [0, 0.05) is 63.5 Å². The fraction of sp³-hybridized carbons (Fsp3) is 0.333. The molecule has 3 aliphatic rings. The van der Waals surface area contributed by atoms with Crippen LogP contribution in [-0.2, 0) is 28.9 Å². The van der Waals surface area contributed by atoms with Crippen molar-refractivity contribution in [3.63, 3.8) is 0 Å². The average molecular weight is 794 g/mol. The number of hydrogen-bond acceptors (Lipinski definition) is 10. The van der Waals surface area contributed by atoms with Crippen LogP contribution >= 0.6 is 0 Å². The Balaban J connectivity index is 0.992. The summed E-state index contributed by atoms with van der Waals surface area (Å²) < 4.78 is 83.5. The van der Waals surface area contributed by atoms with Gasteiger partial charge in [-0.2, -0.15) is 18.2 Å². The normalized spacial score (nSPS) is 17.6. The minimum absolute atomic E-state index is 0.0345. The molecule has 4 heterocycles. The van der Waals surface area contributed by atoms with Crippen LogP contribution < -0.4 is 25.4 Å². The van der Waals surface area contributed by atoms with Crippen LogP contribution in [0.15, 0.2) is 54.7 Å². The van der Waals surface area contributed by atoms with E-state index in [9.17, 15) is 32.3 Å². The van der Waals surface area contributed by atoms with Crippen molar-refractivity contribution in [2.24, 2.45) is 0 Å². The molecule has 7 rings (SSSR count). The number of anilines is 2. The van der Waals surface area contributed by atoms with Crippen LogP contribution in [-0.4, -0.2) is 76.7 Å². The zero-order valence-electron chi connectivity index (χ0n) is 30.6. The Morgan fingerprint density at radius 1 is 1.00 bits per heavy atom. The van der Waals surface area contributed by atoms with Crippen molar-refractivity contribution >= 4 is 35.3 Å². The van der Waals surface area contributed by atoms with Gasteiger partial charge in [0.1, 0.15) is 28.7 Å². The summed E-state index contributed by atoms with van der Waals surface area (Å²) in [7, 11) is 2.81. The number of rotatable bonds is 10. The molecule has 13 nitrogen and oxygen atoms in total. The van der Waals surface area contributed by atoms with Gasteiger partial charge in [-0.3, -0.25) is 29.4 Å². The third kappa shape index (κ3) is 8.35. The number of aromatic nitrogens is 2. The topological polar surface area (TPSA) is 155 Å². The van der Waals surface area contributed by atoms with Crippen LogP contribution in [0.1, 0.15) is 74.6 Å². The third-order valence-electron chi connectivity index (χ3n) is 10.1. The highest BCUT2D eigenvalue weighted by Gasteiger charge is 2.38. The lowest BCUT2D eigenvalue weighted by Gasteiger charge is -2.32. The molecule has 1 atom stereocenters. The molecule has 0 aliphatic carbocycles. The van der Waals surface area contributed by atoms with E-state index in [1.54, 1.807) is 31.3 Å². The molecule has 0 radical (unpaired) electrons. The zero-order valence-corrected chi connectivity index (χ0v) is 30.6. The van der Waals surface area contributed by atoms with Crippen LogP contribution in [0.2, 0.25) is 0 Å². The lowest BCUT2D eigenvalue weighted by atomic mass is 9.89. The van der Waals surface area contributed by atoms with Crippen molar-refractivity contribution in [3.05, 3.63) is 99.7 Å². The predicted molar refractivity (Wildman–Crippen MR) is 193 cm³/mol. The minimum atomic E-state index is -4.92. The van der Waals surface area contributed by atoms with E-state index in [-0.39, 0.29) is 65.2 Å². The molecule has 18 heteroatoms. The summed E-state index contributed by atoms with van der Waals surface area (Å²) in [5, 5.41) is 7.72. The maximum Gasteiger partial charge on any atom is 0.423 e. The fourth-order valence-corrected chi connectivity index (χ4v) is 7.17. The number of carbonyl (C=O) groups excluding carboxylic acids is 4. The summed E-state index contributed by atoms with van der Waals surface area (Å²) in [5.74, 6) is -5.71. The molecule has 1 unspecified atom stereocenters. The van der Waals surface area contributed by atoms with E-state index in [0.29, 0.717) is 49.8 Å². The number of ether oxygens (including phenoxy) is 2. The Labute approximate surface area is 322 Å². The van der Waals surface area contributed by atoms with Gasteiger partial charge >= 0.3 is 6.18 Å². The molecule has 3 aromatic carbocycles. The zero-order chi connectivity index (χ0) is 40.6. The number of nitrogens with one attached hydrogen (secondary N) is 3. The number of carbonyl (C=O) groups is 4. The van der Waals surface area contributed by atoms with Gasteiger partial charge in [0.2, 0.25) is 23.6 Å². The molecule has 57 heavy (non-hydrogen) atoms. The number of piperidine rings is 2. The number of alkyl halides is 3. The smallest absolute Gasteiger partial charge is 0.423 e. The second kappa shape index (κ2) is 15.8. The Bertz CT molecular complexity index is 2260. The maximum absolute atomic E-state index is 15.5. The molecule has 4 aromatic rings. The van der Waals surface area contributed by atoms with E-state index in [2.05, 4.69) is 30.8 Å². The Morgan fingerprint density at radius 2 is 1.77 bits per heavy atom. The Morgan fingerprint density at radius 3 is 2.47 bits per heavy atom. The molecule has 0 saturated carbocycles. The minimum Gasteiger partial charge on any atom is -0.495 e. The summed E-state index contributed by atoms with van der Waals surface area (Å²) in [6.07, 6.45) is -3.00. The summed E-state index contributed by atoms with van der Waals surface area (Å²) >= 11 is 0. The van der Waals surface area contributed by atoms with Gasteiger partial charge in [0.25, 0.3) is 11.8 Å². The van der Waals surface area contributed by atoms with Crippen molar-refractivity contribution in [1.29, 1.82) is 0 Å². The number of amides is 4. The fourth-order valence-electron chi connectivity index (χ4n) is 7.17. The molecular weight excluding hydrogens is 757 g/mol. The summed E-state index contributed by atoms with van der Waals surface area (Å²) in [4.78, 5) is 60.8. The van der Waals surface area contributed by atoms with Crippen molar-refractivity contribution in [1.82, 2.24) is 30.4 Å². The van der Waals surface area contributed by atoms with Gasteiger partial charge in [-0.15, -0.1) is 0 Å². The van der Waals surface area contributed by atoms with Crippen molar-refractivity contribution < 1.29 is 50.6 Å². The number of hydrogen-bond donors (Lipinski definition) is 3. The highest BCUT2D eigenvalue weighted by molar-refractivity contribution is 6.01. The van der Waals surface area contributed by atoms with E-state index < -0.39 is 58.8 Å². The first kappa shape index (κ1) is 39.1. The van der Waals surface area contributed by atoms with Crippen molar-refractivity contribution in [2.75, 3.05) is 32.6 Å². The number of halogens is 5. The molecule has 2 fully saturated rings. The van der Waals surface area contributed by atoms with Gasteiger partial charge in [-0.25, -0.2) is 13.8 Å². The second-order valence-corrected chi connectivity index (χ2v) is 14.0. The monoisotopic (exact) mass is 793 g/mol. The number of nitrogens with zero attached hydrogens (tertiary/aromatic N) is 4. The van der Waals surface area contributed by atoms with Crippen LogP contribution in [0.4, 0.5) is 33.6 Å². The predicted octanol–water partition coefficient (Wildman–Crippen LogP) is 5.82. The number of imide groups is 1. The summed E-state index contributed by atoms with van der Waals surface area (Å²) in [5.41, 5.74) is -0.124. The first-order chi connectivity index (χ1) is 27.2. The van der Waals surface area contributed by atoms with Gasteiger partial charge in [-0.05, 0) is 48.6 Å². The highest BCUT2D eigenvalue weighted by atomic mass is 19.4. The molecule has 3 aliphatic heterocycles. The molecule has 298 valence electrons. The first-order valence-corrected chi connectivity index (χ1v) is 18.0. The van der Waals surface area contributed by atoms with Crippen LogP contribution in [0, 0.1) is 11.6 Å². The number of benzene rings is 3. The highest BCUT2D eigenvalue weighted by Crippen LogP contribution is 2.40. The van der Waals surface area contributed by atoms with E-state index in [0.717, 1.165) is 12.1 Å². The molecule has 1 aromatic heterocycles. The third-order valence-corrected chi connectivity index (χ3v) is 10.1. The Hall–Kier alpha value is -6.17. The SMILES string of the molecule is COc1cc(C(=O)NC2CCN(Cc3ccc(C4CCC(=O)NC4=O)c(F)c3)CC2)c(F)cc1Nc1ncc(C(F)(F)F)c(Oc2cccc3c2C(=O)N(C)C3)n1. The second-order valence-electron chi connectivity index (χ2n) is 14.0. The Kier molecular flexibility index (Phi) is 10.8. The molecule has 4 amide bonds. The first-order valence-electron chi connectivity index (χ1n) is 18.0. The van der Waals surface area contributed by atoms with E-state index in [4.69, 9.17) is 9.47 Å². The molecular formula is C39H36F5N7O6. The van der Waals surface area contributed by atoms with Gasteiger partial charge in [0.05, 0.1) is 29.8 Å². The standard InChI is InChI=1S/C39H36F5N7O6/c1-50-19-21-4-3-5-30(33(21)37(50)55)57-36-26(39(42,43)44)17-45-38(49-36)47-29-16-28(41)25(15-31(29)56-2)35(54)46-22-10-12-51(13-11-22)18-20-6-7-23(27(40)14-20)24-8-9-32(52)48-34(24)53/h3-7,14-17,22,24H,8-13,18-19H2,1-2H3,(H,46,54)(H,45,47,49)(H,48,52,53). The summed E-state index contributed by atoms with van der Waals surface area (Å²) in [6, 6.07) is 11.0. The van der Waals surface area contributed by atoms with Crippen LogP contribution in [0.25, 0.3) is 0 Å². The number of likely N-dealkylation sites (tertiary alicyclic amines) is 1. The van der Waals surface area contributed by atoms with Crippen molar-refractivity contribution in [3.8, 4) is 17.4 Å². The van der Waals surface area contributed by atoms with Gasteiger partial charge in [0.15, 0.2) is 0 Å². The van der Waals surface area contributed by atoms with E-state index >= 15 is 8.78 Å². The summed E-state index contributed by atoms with van der Waals surface area (Å²) in [6.45, 7) is 1.78. The quantitative estimate of drug-likeness (QED) is 0.132. The average Bonchev–Trinajstić information content (AvgIpc) is 3.45. The molecule has 0 bridgehead atoms. The van der Waals surface area contributed by atoms with E-state index in [1.807, 2.05) is 0 Å². The molecule has 2 saturated heterocycles. The number of fused-ring (bicyclic) bond motifs is 1. The molecule has 0 spiro atoms. The van der Waals surface area contributed by atoms with Crippen LogP contribution in [0.3, 0.4) is 0 Å². The van der Waals surface area contributed by atoms with Crippen LogP contribution in [0.5, 0.6) is 17.4 Å². The van der Waals surface area contributed by atoms with Gasteiger partial charge < -0.3 is 25.0 Å². The maximum atomic E-state index is 15.5.